The van der Waals surface area contributed by atoms with Gasteiger partial charge in [0, 0.05) is 29.7 Å². The average Bonchev–Trinajstić information content (AvgIpc) is 3.07. The first-order valence-electron chi connectivity index (χ1n) is 9.35. The molecule has 0 bridgehead atoms. The van der Waals surface area contributed by atoms with Gasteiger partial charge in [0.05, 0.1) is 25.7 Å². The van der Waals surface area contributed by atoms with Crippen LogP contribution in [0.15, 0.2) is 35.9 Å². The van der Waals surface area contributed by atoms with Crippen LogP contribution in [0.1, 0.15) is 30.6 Å². The second-order valence-electron chi connectivity index (χ2n) is 7.32. The molecule has 2 aliphatic heterocycles. The van der Waals surface area contributed by atoms with Crippen molar-refractivity contribution >= 4 is 16.9 Å². The molecular formula is C21H26N2O3. The number of carbonyl (C=O) groups is 1. The molecule has 0 aliphatic carbocycles. The van der Waals surface area contributed by atoms with Crippen LogP contribution in [0.4, 0.5) is 0 Å². The molecule has 3 heterocycles. The lowest BCUT2D eigenvalue weighted by molar-refractivity contribution is -0.149. The first-order chi connectivity index (χ1) is 12.7. The Hall–Kier alpha value is -2.11. The minimum Gasteiger partial charge on any atom is -0.469 e. The van der Waals surface area contributed by atoms with E-state index in [1.165, 1.54) is 34.8 Å². The van der Waals surface area contributed by atoms with Crippen molar-refractivity contribution in [3.05, 3.63) is 47.2 Å². The van der Waals surface area contributed by atoms with Gasteiger partial charge in [-0.1, -0.05) is 29.8 Å². The second-order valence-corrected chi connectivity index (χ2v) is 7.32. The number of aromatic nitrogens is 1. The highest BCUT2D eigenvalue weighted by Crippen LogP contribution is 2.44. The number of rotatable bonds is 3. The molecule has 2 aliphatic rings. The number of nitrogens with one attached hydrogen (secondary N) is 1. The molecule has 2 aromatic rings. The van der Waals surface area contributed by atoms with Crippen LogP contribution < -0.4 is 0 Å². The Balaban J connectivity index is 1.73. The Morgan fingerprint density at radius 2 is 2.27 bits per heavy atom. The molecule has 1 fully saturated rings. The zero-order valence-electron chi connectivity index (χ0n) is 15.4. The number of aromatic amines is 1. The van der Waals surface area contributed by atoms with E-state index >= 15 is 0 Å². The van der Waals surface area contributed by atoms with Crippen LogP contribution in [-0.4, -0.2) is 47.8 Å². The molecule has 1 aromatic heterocycles. The highest BCUT2D eigenvalue weighted by atomic mass is 16.5. The normalized spacial score (nSPS) is 25.7. The number of hydrogen-bond donors (Lipinski definition) is 2. The van der Waals surface area contributed by atoms with Crippen LogP contribution in [0.5, 0.6) is 0 Å². The molecule has 1 saturated heterocycles. The van der Waals surface area contributed by atoms with Crippen molar-refractivity contribution in [1.82, 2.24) is 9.88 Å². The van der Waals surface area contributed by atoms with Crippen molar-refractivity contribution in [3.63, 3.8) is 0 Å². The third-order valence-electron chi connectivity index (χ3n) is 6.17. The van der Waals surface area contributed by atoms with Gasteiger partial charge in [0.15, 0.2) is 0 Å². The average molecular weight is 354 g/mol. The largest absolute Gasteiger partial charge is 0.469 e. The maximum absolute atomic E-state index is 12.2. The summed E-state index contributed by atoms with van der Waals surface area (Å²) in [6.07, 6.45) is 3.96. The number of allylic oxidation sites excluding steroid dienone is 1. The maximum atomic E-state index is 12.2. The van der Waals surface area contributed by atoms with Gasteiger partial charge in [-0.15, -0.1) is 0 Å². The van der Waals surface area contributed by atoms with E-state index in [0.29, 0.717) is 0 Å². The summed E-state index contributed by atoms with van der Waals surface area (Å²) >= 11 is 0. The maximum Gasteiger partial charge on any atom is 0.311 e. The fourth-order valence-corrected chi connectivity index (χ4v) is 4.81. The third-order valence-corrected chi connectivity index (χ3v) is 6.17. The molecule has 3 atom stereocenters. The topological polar surface area (TPSA) is 65.6 Å². The molecule has 0 unspecified atom stereocenters. The fourth-order valence-electron chi connectivity index (χ4n) is 4.81. The molecule has 2 N–H and O–H groups in total. The van der Waals surface area contributed by atoms with Crippen LogP contribution in [0.3, 0.4) is 0 Å². The van der Waals surface area contributed by atoms with Crippen molar-refractivity contribution < 1.29 is 14.6 Å². The summed E-state index contributed by atoms with van der Waals surface area (Å²) in [6, 6.07) is 8.70. The second kappa shape index (κ2) is 6.89. The van der Waals surface area contributed by atoms with Crippen molar-refractivity contribution in [3.8, 4) is 0 Å². The van der Waals surface area contributed by atoms with Crippen LogP contribution >= 0.6 is 0 Å². The van der Waals surface area contributed by atoms with Gasteiger partial charge in [-0.2, -0.15) is 0 Å². The van der Waals surface area contributed by atoms with Crippen molar-refractivity contribution in [2.75, 3.05) is 26.8 Å². The molecule has 5 nitrogen and oxygen atoms in total. The lowest BCUT2D eigenvalue weighted by atomic mass is 9.75. The fraction of sp³-hybridized carbons (Fsp3) is 0.476. The van der Waals surface area contributed by atoms with E-state index in [-0.39, 0.29) is 24.5 Å². The zero-order valence-corrected chi connectivity index (χ0v) is 15.4. The van der Waals surface area contributed by atoms with E-state index in [2.05, 4.69) is 40.2 Å². The predicted molar refractivity (Wildman–Crippen MR) is 101 cm³/mol. The number of carbonyl (C=O) groups excluding carboxylic acids is 1. The first kappa shape index (κ1) is 17.3. The number of aliphatic hydroxyl groups excluding tert-OH is 1. The van der Waals surface area contributed by atoms with Crippen LogP contribution in [0.25, 0.3) is 10.9 Å². The molecule has 5 heteroatoms. The number of hydrogen-bond acceptors (Lipinski definition) is 4. The number of para-hydroxylation sites is 1. The molecule has 0 amide bonds. The molecule has 138 valence electrons. The van der Waals surface area contributed by atoms with Crippen LogP contribution in [-0.2, 0) is 16.0 Å². The number of ether oxygens (including phenoxy) is 1. The van der Waals surface area contributed by atoms with E-state index in [4.69, 9.17) is 4.74 Å². The summed E-state index contributed by atoms with van der Waals surface area (Å²) in [5.74, 6) is -0.808. The highest BCUT2D eigenvalue weighted by molar-refractivity contribution is 5.85. The summed E-state index contributed by atoms with van der Waals surface area (Å²) in [6.45, 7) is 3.70. The van der Waals surface area contributed by atoms with E-state index in [9.17, 15) is 9.90 Å². The number of fused-ring (bicyclic) bond motifs is 5. The van der Waals surface area contributed by atoms with E-state index in [1.807, 2.05) is 6.92 Å². The van der Waals surface area contributed by atoms with Gasteiger partial charge in [0.1, 0.15) is 0 Å². The molecule has 1 aromatic carbocycles. The Morgan fingerprint density at radius 1 is 1.46 bits per heavy atom. The quantitative estimate of drug-likeness (QED) is 0.657. The number of benzene rings is 1. The minimum absolute atomic E-state index is 0.0102. The number of H-pyrrole nitrogens is 1. The number of piperidine rings is 1. The zero-order chi connectivity index (χ0) is 18.3. The number of nitrogens with zero attached hydrogens (tertiary/aromatic N) is 1. The van der Waals surface area contributed by atoms with Crippen molar-refractivity contribution in [1.29, 1.82) is 0 Å². The summed E-state index contributed by atoms with van der Waals surface area (Å²) in [4.78, 5) is 18.3. The van der Waals surface area contributed by atoms with Gasteiger partial charge >= 0.3 is 5.97 Å². The Morgan fingerprint density at radius 3 is 3.00 bits per heavy atom. The molecule has 0 spiro atoms. The lowest BCUT2D eigenvalue weighted by Gasteiger charge is -2.45. The van der Waals surface area contributed by atoms with Gasteiger partial charge < -0.3 is 14.8 Å². The van der Waals surface area contributed by atoms with Gasteiger partial charge in [-0.3, -0.25) is 9.69 Å². The van der Waals surface area contributed by atoms with Gasteiger partial charge in [0.2, 0.25) is 0 Å². The SMILES string of the molecule is C/C=C1\CN2CCc3c([nH]c4ccccc34)[C@@H]2C[C@H]1[C@H](CO)C(=O)OC. The number of methoxy groups -OCH3 is 1. The summed E-state index contributed by atoms with van der Waals surface area (Å²) in [7, 11) is 1.39. The summed E-state index contributed by atoms with van der Waals surface area (Å²) in [5, 5.41) is 11.2. The standard InChI is InChI=1S/C21H26N2O3/c1-3-13-11-23-9-8-15-14-6-4-5-7-18(14)22-20(15)19(23)10-16(13)17(12-24)21(25)26-2/h3-7,16-17,19,22,24H,8-12H2,1-2H3/b13-3+/t16-,17+,19+/m1/s1. The molecule has 26 heavy (non-hydrogen) atoms. The Kier molecular flexibility index (Phi) is 4.59. The predicted octanol–water partition coefficient (Wildman–Crippen LogP) is 2.81. The molecular weight excluding hydrogens is 328 g/mol. The van der Waals surface area contributed by atoms with Gasteiger partial charge in [-0.05, 0) is 37.3 Å². The minimum atomic E-state index is -0.497. The van der Waals surface area contributed by atoms with Crippen LogP contribution in [0, 0.1) is 11.8 Å². The molecule has 0 saturated carbocycles. The van der Waals surface area contributed by atoms with Gasteiger partial charge in [0.25, 0.3) is 0 Å². The van der Waals surface area contributed by atoms with E-state index in [1.54, 1.807) is 0 Å². The highest BCUT2D eigenvalue weighted by Gasteiger charge is 2.42. The molecule has 0 radical (unpaired) electrons. The summed E-state index contributed by atoms with van der Waals surface area (Å²) < 4.78 is 4.96. The Bertz CT molecular complexity index is 854. The van der Waals surface area contributed by atoms with Crippen LogP contribution in [0.2, 0.25) is 0 Å². The summed E-state index contributed by atoms with van der Waals surface area (Å²) in [5.41, 5.74) is 5.09. The van der Waals surface area contributed by atoms with Crippen molar-refractivity contribution in [2.24, 2.45) is 11.8 Å². The monoisotopic (exact) mass is 354 g/mol. The first-order valence-corrected chi connectivity index (χ1v) is 9.35. The third kappa shape index (κ3) is 2.66. The number of aliphatic hydroxyl groups is 1. The Labute approximate surface area is 153 Å². The van der Waals surface area contributed by atoms with Crippen molar-refractivity contribution in [2.45, 2.75) is 25.8 Å². The van der Waals surface area contributed by atoms with E-state index in [0.717, 1.165) is 25.9 Å². The van der Waals surface area contributed by atoms with E-state index < -0.39 is 5.92 Å². The smallest absolute Gasteiger partial charge is 0.311 e. The number of esters is 1. The molecule has 4 rings (SSSR count). The van der Waals surface area contributed by atoms with Gasteiger partial charge in [-0.25, -0.2) is 0 Å². The lowest BCUT2D eigenvalue weighted by Crippen LogP contribution is -2.45.